The number of nitrogens with one attached hydrogen (secondary N) is 1. The minimum Gasteiger partial charge on any atom is -0.481 e. The largest absolute Gasteiger partial charge is 0.481 e. The van der Waals surface area contributed by atoms with Crippen LogP contribution in [0, 0.1) is 0 Å². The first-order chi connectivity index (χ1) is 10.7. The quantitative estimate of drug-likeness (QED) is 0.554. The van der Waals surface area contributed by atoms with Gasteiger partial charge < -0.3 is 10.4 Å². The Morgan fingerprint density at radius 2 is 1.27 bits per heavy atom. The summed E-state index contributed by atoms with van der Waals surface area (Å²) in [7, 11) is 0. The number of benzene rings is 1. The molecule has 0 atom stereocenters. The number of carboxylic acid groups (broad SMARTS) is 1. The summed E-state index contributed by atoms with van der Waals surface area (Å²) in [6.07, 6.45) is 9.27. The Morgan fingerprint density at radius 3 is 1.82 bits per heavy atom. The Balaban J connectivity index is 1.89. The molecule has 1 amide bonds. The molecule has 0 bridgehead atoms. The summed E-state index contributed by atoms with van der Waals surface area (Å²) < 4.78 is 0. The zero-order valence-corrected chi connectivity index (χ0v) is 13.2. The van der Waals surface area contributed by atoms with Crippen molar-refractivity contribution in [2.75, 3.05) is 5.32 Å². The number of rotatable bonds is 12. The number of anilines is 1. The molecule has 0 aliphatic rings. The summed E-state index contributed by atoms with van der Waals surface area (Å²) in [5.41, 5.74) is 0.855. The van der Waals surface area contributed by atoms with Gasteiger partial charge in [-0.3, -0.25) is 9.59 Å². The highest BCUT2D eigenvalue weighted by Gasteiger charge is 2.01. The second kappa shape index (κ2) is 11.8. The molecule has 0 aliphatic carbocycles. The zero-order chi connectivity index (χ0) is 16.0. The molecular formula is C18H27NO3. The topological polar surface area (TPSA) is 66.4 Å². The van der Waals surface area contributed by atoms with Gasteiger partial charge in [-0.1, -0.05) is 56.7 Å². The van der Waals surface area contributed by atoms with Crippen LogP contribution in [0.1, 0.15) is 64.2 Å². The molecule has 122 valence electrons. The second-order valence-corrected chi connectivity index (χ2v) is 5.64. The van der Waals surface area contributed by atoms with Crippen LogP contribution in [0.3, 0.4) is 0 Å². The number of carbonyl (C=O) groups excluding carboxylic acids is 1. The molecule has 0 spiro atoms. The lowest BCUT2D eigenvalue weighted by Gasteiger charge is -2.05. The monoisotopic (exact) mass is 305 g/mol. The Morgan fingerprint density at radius 1 is 0.773 bits per heavy atom. The Bertz CT molecular complexity index is 431. The van der Waals surface area contributed by atoms with Crippen LogP contribution in [0.4, 0.5) is 5.69 Å². The van der Waals surface area contributed by atoms with Gasteiger partial charge >= 0.3 is 5.97 Å². The van der Waals surface area contributed by atoms with E-state index in [1.54, 1.807) is 0 Å². The third-order valence-electron chi connectivity index (χ3n) is 3.60. The molecule has 0 saturated heterocycles. The molecule has 22 heavy (non-hydrogen) atoms. The van der Waals surface area contributed by atoms with Crippen LogP contribution in [-0.2, 0) is 9.59 Å². The Kier molecular flexibility index (Phi) is 9.75. The first-order valence-electron chi connectivity index (χ1n) is 8.25. The van der Waals surface area contributed by atoms with E-state index in [2.05, 4.69) is 5.32 Å². The number of unbranched alkanes of at least 4 members (excludes halogenated alkanes) is 7. The highest BCUT2D eigenvalue weighted by Crippen LogP contribution is 2.11. The molecule has 0 aliphatic heterocycles. The molecule has 0 saturated carbocycles. The number of aliphatic carboxylic acids is 1. The van der Waals surface area contributed by atoms with E-state index in [4.69, 9.17) is 5.11 Å². The average Bonchev–Trinajstić information content (AvgIpc) is 2.50. The molecule has 0 unspecified atom stereocenters. The van der Waals surface area contributed by atoms with Gasteiger partial charge in [-0.15, -0.1) is 0 Å². The minimum atomic E-state index is -0.700. The van der Waals surface area contributed by atoms with E-state index in [0.717, 1.165) is 50.6 Å². The number of amides is 1. The van der Waals surface area contributed by atoms with Gasteiger partial charge in [0.25, 0.3) is 0 Å². The van der Waals surface area contributed by atoms with Crippen LogP contribution in [0.2, 0.25) is 0 Å². The number of hydrogen-bond donors (Lipinski definition) is 2. The van der Waals surface area contributed by atoms with E-state index >= 15 is 0 Å². The maximum atomic E-state index is 11.7. The summed E-state index contributed by atoms with van der Waals surface area (Å²) in [5.74, 6) is -0.617. The van der Waals surface area contributed by atoms with Crippen molar-refractivity contribution < 1.29 is 14.7 Å². The standard InChI is InChI=1S/C18H27NO3/c20-17(19-16-12-8-7-9-13-16)14-10-5-3-1-2-4-6-11-15-18(21)22/h7-9,12-13H,1-6,10-11,14-15H2,(H,19,20)(H,21,22). The van der Waals surface area contributed by atoms with Gasteiger partial charge in [0.05, 0.1) is 0 Å². The van der Waals surface area contributed by atoms with Crippen LogP contribution in [0.15, 0.2) is 30.3 Å². The van der Waals surface area contributed by atoms with Gasteiger partial charge in [-0.25, -0.2) is 0 Å². The number of carbonyl (C=O) groups is 2. The van der Waals surface area contributed by atoms with Gasteiger partial charge in [0.1, 0.15) is 0 Å². The van der Waals surface area contributed by atoms with Gasteiger partial charge in [-0.05, 0) is 25.0 Å². The van der Waals surface area contributed by atoms with Crippen molar-refractivity contribution in [1.29, 1.82) is 0 Å². The first kappa shape index (κ1) is 18.2. The van der Waals surface area contributed by atoms with Gasteiger partial charge in [-0.2, -0.15) is 0 Å². The fraction of sp³-hybridized carbons (Fsp3) is 0.556. The van der Waals surface area contributed by atoms with Crippen LogP contribution >= 0.6 is 0 Å². The maximum Gasteiger partial charge on any atom is 0.303 e. The molecule has 0 aromatic heterocycles. The molecule has 1 aromatic carbocycles. The molecular weight excluding hydrogens is 278 g/mol. The molecule has 1 rings (SSSR count). The molecule has 4 nitrogen and oxygen atoms in total. The predicted octanol–water partition coefficient (Wildman–Crippen LogP) is 4.61. The molecule has 2 N–H and O–H groups in total. The number of hydrogen-bond acceptors (Lipinski definition) is 2. The molecule has 0 radical (unpaired) electrons. The summed E-state index contributed by atoms with van der Waals surface area (Å²) in [5, 5.41) is 11.4. The van der Waals surface area contributed by atoms with Crippen LogP contribution in [0.25, 0.3) is 0 Å². The first-order valence-corrected chi connectivity index (χ1v) is 8.25. The van der Waals surface area contributed by atoms with E-state index in [1.807, 2.05) is 30.3 Å². The minimum absolute atomic E-state index is 0.0832. The van der Waals surface area contributed by atoms with Crippen molar-refractivity contribution in [3.8, 4) is 0 Å². The normalized spacial score (nSPS) is 10.4. The molecule has 0 fully saturated rings. The van der Waals surface area contributed by atoms with Crippen LogP contribution in [0.5, 0.6) is 0 Å². The molecule has 1 aromatic rings. The van der Waals surface area contributed by atoms with Crippen LogP contribution in [-0.4, -0.2) is 17.0 Å². The summed E-state index contributed by atoms with van der Waals surface area (Å²) >= 11 is 0. The lowest BCUT2D eigenvalue weighted by atomic mass is 10.1. The van der Waals surface area contributed by atoms with Crippen molar-refractivity contribution in [3.63, 3.8) is 0 Å². The zero-order valence-electron chi connectivity index (χ0n) is 13.2. The SMILES string of the molecule is O=C(O)CCCCCCCCCCC(=O)Nc1ccccc1. The lowest BCUT2D eigenvalue weighted by Crippen LogP contribution is -2.10. The van der Waals surface area contributed by atoms with E-state index in [0.29, 0.717) is 6.42 Å². The Hall–Kier alpha value is -1.84. The second-order valence-electron chi connectivity index (χ2n) is 5.64. The average molecular weight is 305 g/mol. The highest BCUT2D eigenvalue weighted by molar-refractivity contribution is 5.90. The van der Waals surface area contributed by atoms with Gasteiger partial charge in [0.15, 0.2) is 0 Å². The number of carboxylic acids is 1. The molecule has 0 heterocycles. The fourth-order valence-corrected chi connectivity index (χ4v) is 2.37. The van der Waals surface area contributed by atoms with Crippen molar-refractivity contribution in [3.05, 3.63) is 30.3 Å². The van der Waals surface area contributed by atoms with E-state index in [1.165, 1.54) is 6.42 Å². The summed E-state index contributed by atoms with van der Waals surface area (Å²) in [6, 6.07) is 9.53. The van der Waals surface area contributed by atoms with Crippen molar-refractivity contribution in [2.45, 2.75) is 64.2 Å². The van der Waals surface area contributed by atoms with Crippen molar-refractivity contribution in [2.24, 2.45) is 0 Å². The third kappa shape index (κ3) is 9.97. The fourth-order valence-electron chi connectivity index (χ4n) is 2.37. The van der Waals surface area contributed by atoms with E-state index in [9.17, 15) is 9.59 Å². The van der Waals surface area contributed by atoms with E-state index < -0.39 is 5.97 Å². The van der Waals surface area contributed by atoms with E-state index in [-0.39, 0.29) is 12.3 Å². The van der Waals surface area contributed by atoms with Gasteiger partial charge in [0, 0.05) is 18.5 Å². The highest BCUT2D eigenvalue weighted by atomic mass is 16.4. The van der Waals surface area contributed by atoms with Gasteiger partial charge in [0.2, 0.25) is 5.91 Å². The lowest BCUT2D eigenvalue weighted by molar-refractivity contribution is -0.137. The van der Waals surface area contributed by atoms with Crippen LogP contribution < -0.4 is 5.32 Å². The smallest absolute Gasteiger partial charge is 0.303 e. The Labute approximate surface area is 132 Å². The number of para-hydroxylation sites is 1. The van der Waals surface area contributed by atoms with Crippen molar-refractivity contribution >= 4 is 17.6 Å². The third-order valence-corrected chi connectivity index (χ3v) is 3.60. The predicted molar refractivity (Wildman–Crippen MR) is 88.9 cm³/mol. The van der Waals surface area contributed by atoms with Crippen molar-refractivity contribution in [1.82, 2.24) is 0 Å². The summed E-state index contributed by atoms with van der Waals surface area (Å²) in [4.78, 5) is 22.1. The maximum absolute atomic E-state index is 11.7. The molecule has 4 heteroatoms. The summed E-state index contributed by atoms with van der Waals surface area (Å²) in [6.45, 7) is 0.